The summed E-state index contributed by atoms with van der Waals surface area (Å²) in [5.74, 6) is -0.602. The van der Waals surface area contributed by atoms with Crippen molar-refractivity contribution in [2.75, 3.05) is 27.3 Å². The van der Waals surface area contributed by atoms with Gasteiger partial charge in [0.15, 0.2) is 5.79 Å². The number of ether oxygens (including phenoxy) is 4. The van der Waals surface area contributed by atoms with E-state index in [1.807, 2.05) is 52.0 Å². The van der Waals surface area contributed by atoms with E-state index in [4.69, 9.17) is 28.9 Å². The highest BCUT2D eigenvalue weighted by Crippen LogP contribution is 2.54. The lowest BCUT2D eigenvalue weighted by Gasteiger charge is -2.62. The van der Waals surface area contributed by atoms with Gasteiger partial charge in [-0.3, -0.25) is 9.59 Å². The van der Waals surface area contributed by atoms with Gasteiger partial charge in [-0.05, 0) is 46.9 Å². The van der Waals surface area contributed by atoms with Crippen molar-refractivity contribution >= 4 is 71.1 Å². The van der Waals surface area contributed by atoms with Gasteiger partial charge in [-0.15, -0.1) is 0 Å². The van der Waals surface area contributed by atoms with Crippen molar-refractivity contribution in [3.63, 3.8) is 0 Å². The van der Waals surface area contributed by atoms with Gasteiger partial charge in [-0.1, -0.05) is 81.4 Å². The zero-order chi connectivity index (χ0) is 47.2. The quantitative estimate of drug-likeness (QED) is 0.147. The number of amides is 4. The molecule has 0 radical (unpaired) electrons. The van der Waals surface area contributed by atoms with Gasteiger partial charge in [0.1, 0.15) is 70.8 Å². The minimum absolute atomic E-state index is 0.118. The second-order valence-corrected chi connectivity index (χ2v) is 19.9. The van der Waals surface area contributed by atoms with Crippen LogP contribution in [0.1, 0.15) is 70.7 Å². The Labute approximate surface area is 386 Å². The minimum atomic E-state index is -1.12. The fraction of sp³-hybridized carbons (Fsp3) is 0.488. The number of carbonyl (C=O) groups is 4. The van der Waals surface area contributed by atoms with Gasteiger partial charge in [-0.2, -0.15) is 0 Å². The Hall–Kier alpha value is -5.35. The topological polar surface area (TPSA) is 193 Å². The van der Waals surface area contributed by atoms with Crippen molar-refractivity contribution in [2.24, 2.45) is 11.8 Å². The van der Waals surface area contributed by atoms with Crippen molar-refractivity contribution in [1.82, 2.24) is 40.4 Å². The Morgan fingerprint density at radius 2 is 1.09 bits per heavy atom. The number of benzene rings is 2. The first-order chi connectivity index (χ1) is 30.6. The van der Waals surface area contributed by atoms with Crippen LogP contribution in [0.2, 0.25) is 5.21 Å². The number of rotatable bonds is 11. The summed E-state index contributed by atoms with van der Waals surface area (Å²) in [4.78, 5) is 72.5. The van der Waals surface area contributed by atoms with E-state index in [2.05, 4.69) is 91.9 Å². The molecular weight excluding hydrogens is 821 g/mol. The Kier molecular flexibility index (Phi) is 13.3. The molecule has 4 atom stereocenters. The minimum Gasteiger partial charge on any atom is -0.453 e. The van der Waals surface area contributed by atoms with E-state index in [0.717, 1.165) is 46.5 Å². The van der Waals surface area contributed by atoms with Crippen molar-refractivity contribution in [3.8, 4) is 33.6 Å². The molecule has 3 fully saturated rings. The van der Waals surface area contributed by atoms with Crippen LogP contribution >= 0.6 is 0 Å². The van der Waals surface area contributed by atoms with Crippen LogP contribution in [0.4, 0.5) is 9.59 Å². The van der Waals surface area contributed by atoms with Gasteiger partial charge in [0.25, 0.3) is 0 Å². The second kappa shape index (κ2) is 18.1. The van der Waals surface area contributed by atoms with E-state index >= 15 is 0 Å². The number of H-pyrrole nitrogens is 2. The average Bonchev–Trinajstić information content (AvgIpc) is 4.10. The molecule has 1 unspecified atom stereocenters. The third-order valence-corrected chi connectivity index (χ3v) is 14.3. The van der Waals surface area contributed by atoms with Gasteiger partial charge < -0.3 is 49.3 Å². The highest BCUT2D eigenvalue weighted by Gasteiger charge is 2.63. The molecule has 4 aromatic rings. The summed E-state index contributed by atoms with van der Waals surface area (Å²) in [6.45, 7) is 8.29. The van der Waals surface area contributed by atoms with Crippen molar-refractivity contribution in [2.45, 2.75) is 92.9 Å². The number of nitrogens with zero attached hydrogens (tertiary/aromatic N) is 4. The van der Waals surface area contributed by atoms with Crippen LogP contribution in [0.5, 0.6) is 0 Å². The maximum Gasteiger partial charge on any atom is 0.407 e. The summed E-state index contributed by atoms with van der Waals surface area (Å²) in [5.41, 5.74) is 5.56. The molecule has 3 aliphatic heterocycles. The van der Waals surface area contributed by atoms with Gasteiger partial charge >= 0.3 is 12.2 Å². The standard InChI is InChI=1S/C43H60B6N8O8/c1-22(2)32(54-38(60)62-5)36(58)56-17-7-8-30(56)34-50-19-28(52-34)26-13-9-24(10-14-26)25-11-15-27(16-12-25)29-20-51-35(53-29)31-18-40(64-42(46,47)41(44,45)43(48,49)65-40)21-57(31)37(59)33(23(3)4)55-39(61)63-6/h9-16,19-20,22-23,30-33H,7-8,17-18,21,44-49H2,1-6H3,(H,50,52)(H,51,53)(H,54,60)(H,55,61)/t30-,31-,32?,33-/m0/s1. The van der Waals surface area contributed by atoms with E-state index in [9.17, 15) is 19.2 Å². The Morgan fingerprint density at radius 3 is 1.52 bits per heavy atom. The summed E-state index contributed by atoms with van der Waals surface area (Å²) >= 11 is 0. The number of aromatic nitrogens is 4. The van der Waals surface area contributed by atoms with E-state index in [1.165, 1.54) is 14.2 Å². The molecule has 4 N–H and O–H groups in total. The molecule has 3 saturated heterocycles. The maximum atomic E-state index is 14.5. The van der Waals surface area contributed by atoms with Crippen LogP contribution in [0.25, 0.3) is 33.6 Å². The van der Waals surface area contributed by atoms with E-state index < -0.39 is 46.9 Å². The molecule has 338 valence electrons. The fourth-order valence-corrected chi connectivity index (χ4v) is 9.45. The summed E-state index contributed by atoms with van der Waals surface area (Å²) in [7, 11) is 15.1. The van der Waals surface area contributed by atoms with Crippen LogP contribution in [-0.4, -0.2) is 157 Å². The lowest BCUT2D eigenvalue weighted by molar-refractivity contribution is -0.305. The second-order valence-electron chi connectivity index (χ2n) is 19.9. The molecule has 65 heavy (non-hydrogen) atoms. The molecule has 2 aromatic carbocycles. The normalized spacial score (nSPS) is 21.5. The van der Waals surface area contributed by atoms with Gasteiger partial charge in [0.05, 0.1) is 56.6 Å². The fourth-order valence-electron chi connectivity index (χ4n) is 9.45. The first-order valence-electron chi connectivity index (χ1n) is 22.6. The molecule has 5 heterocycles. The first kappa shape index (κ1) is 47.6. The van der Waals surface area contributed by atoms with Gasteiger partial charge in [0, 0.05) is 23.8 Å². The summed E-state index contributed by atoms with van der Waals surface area (Å²) in [5, 5.41) is 3.87. The number of nitrogens with one attached hydrogen (secondary N) is 4. The molecular formula is C43H60B6N8O8. The van der Waals surface area contributed by atoms with Gasteiger partial charge in [0.2, 0.25) is 11.8 Å². The van der Waals surface area contributed by atoms with Crippen LogP contribution in [0, 0.1) is 11.8 Å². The predicted molar refractivity (Wildman–Crippen MR) is 262 cm³/mol. The molecule has 2 aromatic heterocycles. The Morgan fingerprint density at radius 1 is 0.677 bits per heavy atom. The van der Waals surface area contributed by atoms with Crippen LogP contribution in [0.15, 0.2) is 60.9 Å². The smallest absolute Gasteiger partial charge is 0.407 e. The number of hydrogen-bond acceptors (Lipinski definition) is 10. The van der Waals surface area contributed by atoms with E-state index in [-0.39, 0.29) is 41.5 Å². The molecule has 0 aliphatic carbocycles. The highest BCUT2D eigenvalue weighted by atomic mass is 16.7. The predicted octanol–water partition coefficient (Wildman–Crippen LogP) is -0.203. The Balaban J connectivity index is 1.08. The lowest BCUT2D eigenvalue weighted by atomic mass is 9.24. The molecule has 16 nitrogen and oxygen atoms in total. The van der Waals surface area contributed by atoms with E-state index in [1.54, 1.807) is 22.2 Å². The van der Waals surface area contributed by atoms with Crippen molar-refractivity contribution in [1.29, 1.82) is 0 Å². The number of methoxy groups -OCH3 is 2. The summed E-state index contributed by atoms with van der Waals surface area (Å²) in [6, 6.07) is 14.1. The third-order valence-electron chi connectivity index (χ3n) is 14.3. The number of hydrogen-bond donors (Lipinski definition) is 4. The van der Waals surface area contributed by atoms with Gasteiger partial charge in [-0.25, -0.2) is 19.6 Å². The Bertz CT molecular complexity index is 2370. The number of aromatic amines is 2. The maximum absolute atomic E-state index is 14.5. The van der Waals surface area contributed by atoms with Crippen molar-refractivity contribution in [3.05, 3.63) is 72.6 Å². The summed E-state index contributed by atoms with van der Waals surface area (Å²) in [6.07, 6.45) is 4.20. The number of imidazole rings is 2. The molecule has 4 amide bonds. The third kappa shape index (κ3) is 9.25. The van der Waals surface area contributed by atoms with E-state index in [0.29, 0.717) is 24.6 Å². The zero-order valence-electron chi connectivity index (χ0n) is 39.8. The molecule has 0 saturated carbocycles. The number of likely N-dealkylation sites (tertiary alicyclic amines) is 2. The molecule has 7 rings (SSSR count). The van der Waals surface area contributed by atoms with Crippen LogP contribution < -0.4 is 10.6 Å². The zero-order valence-corrected chi connectivity index (χ0v) is 39.8. The molecule has 1 spiro atoms. The number of alkyl carbamates (subject to hydrolysis) is 2. The largest absolute Gasteiger partial charge is 0.453 e. The number of carbonyl (C=O) groups excluding carboxylic acids is 4. The lowest BCUT2D eigenvalue weighted by Crippen LogP contribution is -2.72. The summed E-state index contributed by atoms with van der Waals surface area (Å²) < 4.78 is 23.4. The van der Waals surface area contributed by atoms with Crippen molar-refractivity contribution < 1.29 is 38.1 Å². The van der Waals surface area contributed by atoms with Crippen LogP contribution in [-0.2, 0) is 28.5 Å². The first-order valence-corrected chi connectivity index (χ1v) is 22.6. The SMILES string of the molecule is BC1(B)OC2(C[C@@H](c3ncc(-c4ccc(-c5ccc(-c6cnc([C@@H]7CCCN7C(=O)C(NC(=O)OC)C(C)C)[nH]6)cc5)cc4)[nH]3)N(C(=O)[C@@H](NC(=O)OC)C(C)C)C2)OC(B)(B)C1(B)B. The van der Waals surface area contributed by atoms with Crippen LogP contribution in [0.3, 0.4) is 0 Å². The molecule has 22 heteroatoms. The average molecular weight is 882 g/mol. The molecule has 0 bridgehead atoms. The molecule has 3 aliphatic rings. The highest BCUT2D eigenvalue weighted by molar-refractivity contribution is 6.61. The monoisotopic (exact) mass is 883 g/mol.